The Labute approximate surface area is 139 Å². The van der Waals surface area contributed by atoms with Crippen molar-refractivity contribution in [3.05, 3.63) is 35.4 Å². The van der Waals surface area contributed by atoms with E-state index in [1.54, 1.807) is 0 Å². The number of likely N-dealkylation sites (N-methyl/N-ethyl adjacent to an activating group) is 2. The van der Waals surface area contributed by atoms with Gasteiger partial charge in [0.25, 0.3) is 5.91 Å². The van der Waals surface area contributed by atoms with E-state index in [4.69, 9.17) is 0 Å². The molecule has 2 aliphatic heterocycles. The van der Waals surface area contributed by atoms with Gasteiger partial charge in [-0.25, -0.2) is 0 Å². The number of carbonyl (C=O) groups is 1. The molecule has 2 aliphatic rings. The molecule has 5 heteroatoms. The SMILES string of the molecule is CN1CCN(Cc2ccc(C(=O)N(C)[C@H]3CCNC3)cc2)CC1. The Hall–Kier alpha value is -1.43. The molecule has 3 rings (SSSR count). The topological polar surface area (TPSA) is 38.8 Å². The van der Waals surface area contributed by atoms with E-state index in [1.807, 2.05) is 24.1 Å². The summed E-state index contributed by atoms with van der Waals surface area (Å²) in [6, 6.07) is 8.49. The zero-order valence-corrected chi connectivity index (χ0v) is 14.3. The summed E-state index contributed by atoms with van der Waals surface area (Å²) >= 11 is 0. The molecular formula is C18H28N4O. The van der Waals surface area contributed by atoms with Gasteiger partial charge in [-0.3, -0.25) is 9.69 Å². The fourth-order valence-corrected chi connectivity index (χ4v) is 3.36. The first kappa shape index (κ1) is 16.4. The second kappa shape index (κ2) is 7.43. The molecule has 0 saturated carbocycles. The van der Waals surface area contributed by atoms with Gasteiger partial charge in [0, 0.05) is 57.9 Å². The molecule has 2 saturated heterocycles. The van der Waals surface area contributed by atoms with Crippen LogP contribution in [0.4, 0.5) is 0 Å². The third kappa shape index (κ3) is 4.10. The lowest BCUT2D eigenvalue weighted by Gasteiger charge is -2.32. The van der Waals surface area contributed by atoms with Crippen LogP contribution in [-0.4, -0.2) is 80.0 Å². The molecule has 0 unspecified atom stereocenters. The monoisotopic (exact) mass is 316 g/mol. The van der Waals surface area contributed by atoms with Crippen LogP contribution in [0.25, 0.3) is 0 Å². The molecule has 5 nitrogen and oxygen atoms in total. The predicted octanol–water partition coefficient (Wildman–Crippen LogP) is 0.868. The van der Waals surface area contributed by atoms with E-state index in [2.05, 4.69) is 34.3 Å². The van der Waals surface area contributed by atoms with Gasteiger partial charge in [-0.1, -0.05) is 12.1 Å². The molecule has 1 aromatic rings. The third-order valence-electron chi connectivity index (χ3n) is 5.11. The maximum atomic E-state index is 12.6. The van der Waals surface area contributed by atoms with Crippen LogP contribution in [0.2, 0.25) is 0 Å². The van der Waals surface area contributed by atoms with Gasteiger partial charge in [0.1, 0.15) is 0 Å². The van der Waals surface area contributed by atoms with E-state index in [0.29, 0.717) is 6.04 Å². The van der Waals surface area contributed by atoms with E-state index in [0.717, 1.165) is 57.8 Å². The van der Waals surface area contributed by atoms with Crippen molar-refractivity contribution in [2.45, 2.75) is 19.0 Å². The van der Waals surface area contributed by atoms with Crippen molar-refractivity contribution in [2.24, 2.45) is 0 Å². The number of carbonyl (C=O) groups excluding carboxylic acids is 1. The lowest BCUT2D eigenvalue weighted by Crippen LogP contribution is -2.43. The van der Waals surface area contributed by atoms with E-state index in [1.165, 1.54) is 5.56 Å². The van der Waals surface area contributed by atoms with Crippen molar-refractivity contribution in [1.29, 1.82) is 0 Å². The van der Waals surface area contributed by atoms with Gasteiger partial charge in [0.2, 0.25) is 0 Å². The molecule has 1 amide bonds. The first-order valence-corrected chi connectivity index (χ1v) is 8.61. The number of hydrogen-bond acceptors (Lipinski definition) is 4. The van der Waals surface area contributed by atoms with Crippen molar-refractivity contribution in [3.63, 3.8) is 0 Å². The Kier molecular flexibility index (Phi) is 5.30. The van der Waals surface area contributed by atoms with Gasteiger partial charge >= 0.3 is 0 Å². The Bertz CT molecular complexity index is 516. The number of amides is 1. The van der Waals surface area contributed by atoms with Gasteiger partial charge in [0.05, 0.1) is 0 Å². The summed E-state index contributed by atoms with van der Waals surface area (Å²) < 4.78 is 0. The number of nitrogens with zero attached hydrogens (tertiary/aromatic N) is 3. The second-order valence-corrected chi connectivity index (χ2v) is 6.84. The summed E-state index contributed by atoms with van der Waals surface area (Å²) in [6.07, 6.45) is 1.05. The number of piperazine rings is 1. The Balaban J connectivity index is 1.57. The van der Waals surface area contributed by atoms with Crippen LogP contribution in [-0.2, 0) is 6.54 Å². The number of benzene rings is 1. The molecule has 2 fully saturated rings. The molecule has 0 bridgehead atoms. The van der Waals surface area contributed by atoms with E-state index >= 15 is 0 Å². The maximum Gasteiger partial charge on any atom is 0.253 e. The minimum Gasteiger partial charge on any atom is -0.337 e. The van der Waals surface area contributed by atoms with Crippen LogP contribution in [0.1, 0.15) is 22.3 Å². The standard InChI is InChI=1S/C18H28N4O/c1-20-9-11-22(12-10-20)14-15-3-5-16(6-4-15)18(23)21(2)17-7-8-19-13-17/h3-6,17,19H,7-14H2,1-2H3/t17-/m0/s1. The average Bonchev–Trinajstić information content (AvgIpc) is 3.11. The Morgan fingerprint density at radius 2 is 1.91 bits per heavy atom. The lowest BCUT2D eigenvalue weighted by atomic mass is 10.1. The van der Waals surface area contributed by atoms with Crippen LogP contribution < -0.4 is 5.32 Å². The molecule has 126 valence electrons. The molecule has 0 aliphatic carbocycles. The average molecular weight is 316 g/mol. The molecule has 0 aromatic heterocycles. The quantitative estimate of drug-likeness (QED) is 0.895. The highest BCUT2D eigenvalue weighted by Gasteiger charge is 2.24. The highest BCUT2D eigenvalue weighted by atomic mass is 16.2. The fourth-order valence-electron chi connectivity index (χ4n) is 3.36. The summed E-state index contributed by atoms with van der Waals surface area (Å²) in [4.78, 5) is 19.3. The summed E-state index contributed by atoms with van der Waals surface area (Å²) in [5, 5.41) is 3.31. The molecule has 2 heterocycles. The van der Waals surface area contributed by atoms with Crippen LogP contribution >= 0.6 is 0 Å². The van der Waals surface area contributed by atoms with Gasteiger partial charge in [-0.05, 0) is 37.7 Å². The number of nitrogens with one attached hydrogen (secondary N) is 1. The zero-order chi connectivity index (χ0) is 16.2. The molecule has 1 atom stereocenters. The van der Waals surface area contributed by atoms with Gasteiger partial charge in [-0.2, -0.15) is 0 Å². The number of rotatable bonds is 4. The van der Waals surface area contributed by atoms with Crippen LogP contribution in [0.15, 0.2) is 24.3 Å². The largest absolute Gasteiger partial charge is 0.337 e. The van der Waals surface area contributed by atoms with Crippen molar-refractivity contribution >= 4 is 5.91 Å². The highest BCUT2D eigenvalue weighted by Crippen LogP contribution is 2.14. The van der Waals surface area contributed by atoms with Crippen LogP contribution in [0.5, 0.6) is 0 Å². The van der Waals surface area contributed by atoms with Crippen molar-refractivity contribution in [2.75, 3.05) is 53.4 Å². The van der Waals surface area contributed by atoms with Gasteiger partial charge < -0.3 is 15.1 Å². The molecule has 23 heavy (non-hydrogen) atoms. The third-order valence-corrected chi connectivity index (χ3v) is 5.11. The van der Waals surface area contributed by atoms with Crippen molar-refractivity contribution in [3.8, 4) is 0 Å². The summed E-state index contributed by atoms with van der Waals surface area (Å²) in [5.41, 5.74) is 2.08. The Morgan fingerprint density at radius 3 is 2.52 bits per heavy atom. The summed E-state index contributed by atoms with van der Waals surface area (Å²) in [7, 11) is 4.09. The normalized spacial score (nSPS) is 23.1. The maximum absolute atomic E-state index is 12.6. The van der Waals surface area contributed by atoms with E-state index in [9.17, 15) is 4.79 Å². The minimum atomic E-state index is 0.129. The molecule has 1 aromatic carbocycles. The molecule has 0 radical (unpaired) electrons. The van der Waals surface area contributed by atoms with Gasteiger partial charge in [0.15, 0.2) is 0 Å². The van der Waals surface area contributed by atoms with E-state index < -0.39 is 0 Å². The smallest absolute Gasteiger partial charge is 0.253 e. The molecule has 1 N–H and O–H groups in total. The minimum absolute atomic E-state index is 0.129. The predicted molar refractivity (Wildman–Crippen MR) is 92.6 cm³/mol. The number of hydrogen-bond donors (Lipinski definition) is 1. The Morgan fingerprint density at radius 1 is 1.22 bits per heavy atom. The highest BCUT2D eigenvalue weighted by molar-refractivity contribution is 5.94. The van der Waals surface area contributed by atoms with Crippen LogP contribution in [0.3, 0.4) is 0 Å². The zero-order valence-electron chi connectivity index (χ0n) is 14.3. The first-order valence-electron chi connectivity index (χ1n) is 8.61. The lowest BCUT2D eigenvalue weighted by molar-refractivity contribution is 0.0743. The first-order chi connectivity index (χ1) is 11.1. The van der Waals surface area contributed by atoms with Crippen LogP contribution in [0, 0.1) is 0 Å². The van der Waals surface area contributed by atoms with Crippen molar-refractivity contribution < 1.29 is 4.79 Å². The summed E-state index contributed by atoms with van der Waals surface area (Å²) in [5.74, 6) is 0.129. The fraction of sp³-hybridized carbons (Fsp3) is 0.611. The van der Waals surface area contributed by atoms with Crippen molar-refractivity contribution in [1.82, 2.24) is 20.0 Å². The van der Waals surface area contributed by atoms with Gasteiger partial charge in [-0.15, -0.1) is 0 Å². The second-order valence-electron chi connectivity index (χ2n) is 6.84. The summed E-state index contributed by atoms with van der Waals surface area (Å²) in [6.45, 7) is 7.40. The van der Waals surface area contributed by atoms with E-state index in [-0.39, 0.29) is 5.91 Å². The molecular weight excluding hydrogens is 288 g/mol. The molecule has 0 spiro atoms.